The Morgan fingerprint density at radius 3 is 2.69 bits per heavy atom. The fraction of sp³-hybridized carbons (Fsp3) is 1.00. The molecule has 1 atom stereocenters. The molecule has 0 bridgehead atoms. The van der Waals surface area contributed by atoms with Gasteiger partial charge in [-0.1, -0.05) is 0 Å². The minimum Gasteiger partial charge on any atom is -0.395 e. The number of aliphatic hydroxyl groups is 1. The maximum absolute atomic E-state index is 11.1. The first kappa shape index (κ1) is 10.9. The van der Waals surface area contributed by atoms with Gasteiger partial charge in [0.2, 0.25) is 0 Å². The summed E-state index contributed by atoms with van der Waals surface area (Å²) in [6.07, 6.45) is 1.71. The molecule has 1 rings (SSSR count). The highest BCUT2D eigenvalue weighted by Gasteiger charge is 2.26. The molecule has 0 radical (unpaired) electrons. The lowest BCUT2D eigenvalue weighted by Gasteiger charge is -2.07. The van der Waals surface area contributed by atoms with Gasteiger partial charge in [0.25, 0.3) is 0 Å². The minimum absolute atomic E-state index is 0.142. The molecule has 0 aromatic carbocycles. The van der Waals surface area contributed by atoms with E-state index in [1.54, 1.807) is 0 Å². The van der Waals surface area contributed by atoms with Crippen LogP contribution >= 0.6 is 0 Å². The number of hydrogen-bond donors (Lipinski definition) is 2. The van der Waals surface area contributed by atoms with Crippen LogP contribution in [0.4, 0.5) is 0 Å². The van der Waals surface area contributed by atoms with Crippen molar-refractivity contribution in [1.82, 2.24) is 5.32 Å². The van der Waals surface area contributed by atoms with E-state index in [-0.39, 0.29) is 6.61 Å². The third-order valence-electron chi connectivity index (χ3n) is 2.34. The lowest BCUT2D eigenvalue weighted by atomic mass is 10.1. The van der Waals surface area contributed by atoms with Gasteiger partial charge in [-0.2, -0.15) is 0 Å². The molecule has 5 heteroatoms. The summed E-state index contributed by atoms with van der Waals surface area (Å²) in [5.41, 5.74) is 0. The zero-order valence-corrected chi connectivity index (χ0v) is 8.52. The molecule has 0 aromatic rings. The van der Waals surface area contributed by atoms with Crippen LogP contribution in [0.1, 0.15) is 12.8 Å². The average Bonchev–Trinajstić information content (AvgIpc) is 2.40. The second-order valence-electron chi connectivity index (χ2n) is 3.53. The second kappa shape index (κ2) is 4.93. The van der Waals surface area contributed by atoms with Crippen molar-refractivity contribution in [2.24, 2.45) is 5.92 Å². The minimum atomic E-state index is -2.72. The number of hydrogen-bond acceptors (Lipinski definition) is 4. The van der Waals surface area contributed by atoms with Crippen LogP contribution in [0, 0.1) is 5.92 Å². The zero-order chi connectivity index (χ0) is 9.73. The van der Waals surface area contributed by atoms with Crippen LogP contribution in [0.25, 0.3) is 0 Å². The van der Waals surface area contributed by atoms with Crippen molar-refractivity contribution in [3.63, 3.8) is 0 Å². The Labute approximate surface area is 79.3 Å². The van der Waals surface area contributed by atoms with Crippen molar-refractivity contribution < 1.29 is 13.5 Å². The summed E-state index contributed by atoms with van der Waals surface area (Å²) in [7, 11) is -2.72. The van der Waals surface area contributed by atoms with Gasteiger partial charge in [0.1, 0.15) is 0 Å². The molecular weight excluding hydrogens is 190 g/mol. The van der Waals surface area contributed by atoms with E-state index >= 15 is 0 Å². The second-order valence-corrected chi connectivity index (χ2v) is 5.76. The van der Waals surface area contributed by atoms with E-state index in [9.17, 15) is 8.42 Å². The number of rotatable bonds is 5. The molecule has 0 aromatic heterocycles. The van der Waals surface area contributed by atoms with Crippen LogP contribution in [-0.2, 0) is 9.84 Å². The van der Waals surface area contributed by atoms with E-state index < -0.39 is 9.84 Å². The van der Waals surface area contributed by atoms with Crippen molar-refractivity contribution in [1.29, 1.82) is 0 Å². The van der Waals surface area contributed by atoms with Crippen LogP contribution in [0.2, 0.25) is 0 Å². The Kier molecular flexibility index (Phi) is 4.15. The molecule has 13 heavy (non-hydrogen) atoms. The van der Waals surface area contributed by atoms with E-state index in [4.69, 9.17) is 5.11 Å². The molecule has 1 aliphatic rings. The van der Waals surface area contributed by atoms with Gasteiger partial charge in [-0.3, -0.25) is 0 Å². The lowest BCUT2D eigenvalue weighted by Crippen LogP contribution is -2.21. The van der Waals surface area contributed by atoms with Crippen molar-refractivity contribution in [3.05, 3.63) is 0 Å². The number of aliphatic hydroxyl groups excluding tert-OH is 1. The van der Waals surface area contributed by atoms with Crippen LogP contribution in [0.5, 0.6) is 0 Å². The first-order valence-corrected chi connectivity index (χ1v) is 6.48. The van der Waals surface area contributed by atoms with Crippen molar-refractivity contribution in [2.75, 3.05) is 31.2 Å². The molecule has 1 aliphatic heterocycles. The molecule has 1 fully saturated rings. The van der Waals surface area contributed by atoms with Gasteiger partial charge in [-0.25, -0.2) is 8.42 Å². The van der Waals surface area contributed by atoms with Crippen molar-refractivity contribution in [3.8, 4) is 0 Å². The maximum atomic E-state index is 11.1. The van der Waals surface area contributed by atoms with E-state index in [0.717, 1.165) is 19.4 Å². The topological polar surface area (TPSA) is 66.4 Å². The van der Waals surface area contributed by atoms with Crippen LogP contribution in [0.3, 0.4) is 0 Å². The van der Waals surface area contributed by atoms with Crippen LogP contribution in [-0.4, -0.2) is 44.7 Å². The number of nitrogens with one attached hydrogen (secondary N) is 1. The first-order valence-electron chi connectivity index (χ1n) is 4.66. The van der Waals surface area contributed by atoms with Gasteiger partial charge in [0, 0.05) is 6.54 Å². The van der Waals surface area contributed by atoms with E-state index in [2.05, 4.69) is 5.32 Å². The predicted octanol–water partition coefficient (Wildman–Crippen LogP) is -0.607. The average molecular weight is 207 g/mol. The van der Waals surface area contributed by atoms with Gasteiger partial charge in [0.15, 0.2) is 9.84 Å². The molecule has 2 N–H and O–H groups in total. The molecule has 4 nitrogen and oxygen atoms in total. The fourth-order valence-corrected chi connectivity index (χ4v) is 3.52. The normalized spacial score (nSPS) is 26.4. The smallest absolute Gasteiger partial charge is 0.150 e. The van der Waals surface area contributed by atoms with Gasteiger partial charge in [-0.15, -0.1) is 0 Å². The molecule has 0 aliphatic carbocycles. The van der Waals surface area contributed by atoms with Crippen LogP contribution < -0.4 is 5.32 Å². The SMILES string of the molecule is O=S1(=O)CCC(CCNCCO)C1. The lowest BCUT2D eigenvalue weighted by molar-refractivity contribution is 0.290. The maximum Gasteiger partial charge on any atom is 0.150 e. The Morgan fingerprint density at radius 1 is 1.38 bits per heavy atom. The largest absolute Gasteiger partial charge is 0.395 e. The van der Waals surface area contributed by atoms with Gasteiger partial charge in [-0.05, 0) is 25.3 Å². The van der Waals surface area contributed by atoms with Gasteiger partial charge < -0.3 is 10.4 Å². The molecule has 0 spiro atoms. The highest BCUT2D eigenvalue weighted by Crippen LogP contribution is 2.20. The summed E-state index contributed by atoms with van der Waals surface area (Å²) in [5.74, 6) is 1.04. The van der Waals surface area contributed by atoms with Crippen LogP contribution in [0.15, 0.2) is 0 Å². The third-order valence-corrected chi connectivity index (χ3v) is 4.18. The molecule has 0 saturated carbocycles. The van der Waals surface area contributed by atoms with E-state index in [0.29, 0.717) is 24.0 Å². The molecule has 1 heterocycles. The monoisotopic (exact) mass is 207 g/mol. The summed E-state index contributed by atoms with van der Waals surface area (Å²) in [6.45, 7) is 1.54. The molecule has 78 valence electrons. The summed E-state index contributed by atoms with van der Waals surface area (Å²) >= 11 is 0. The standard InChI is InChI=1S/C8H17NO3S/c10-5-4-9-3-1-8-2-6-13(11,12)7-8/h8-10H,1-7H2. The molecule has 0 amide bonds. The molecular formula is C8H17NO3S. The van der Waals surface area contributed by atoms with Crippen molar-refractivity contribution in [2.45, 2.75) is 12.8 Å². The van der Waals surface area contributed by atoms with Gasteiger partial charge >= 0.3 is 0 Å². The Morgan fingerprint density at radius 2 is 2.15 bits per heavy atom. The van der Waals surface area contributed by atoms with Gasteiger partial charge in [0.05, 0.1) is 18.1 Å². The summed E-state index contributed by atoms with van der Waals surface area (Å²) in [4.78, 5) is 0. The molecule has 1 unspecified atom stereocenters. The summed E-state index contributed by atoms with van der Waals surface area (Å²) in [5, 5.41) is 11.5. The van der Waals surface area contributed by atoms with E-state index in [1.165, 1.54) is 0 Å². The Balaban J connectivity index is 2.11. The van der Waals surface area contributed by atoms with E-state index in [1.807, 2.05) is 0 Å². The predicted molar refractivity (Wildman–Crippen MR) is 51.3 cm³/mol. The van der Waals surface area contributed by atoms with Crippen molar-refractivity contribution >= 4 is 9.84 Å². The first-order chi connectivity index (χ1) is 6.14. The number of sulfone groups is 1. The highest BCUT2D eigenvalue weighted by molar-refractivity contribution is 7.91. The summed E-state index contributed by atoms with van der Waals surface area (Å²) in [6, 6.07) is 0. The Hall–Kier alpha value is -0.130. The molecule has 1 saturated heterocycles. The Bertz CT molecular complexity index is 238. The highest BCUT2D eigenvalue weighted by atomic mass is 32.2. The fourth-order valence-electron chi connectivity index (χ4n) is 1.61. The third kappa shape index (κ3) is 4.06. The summed E-state index contributed by atoms with van der Waals surface area (Å²) < 4.78 is 22.1. The zero-order valence-electron chi connectivity index (χ0n) is 7.70. The quantitative estimate of drug-likeness (QED) is 0.590.